The Morgan fingerprint density at radius 3 is 2.63 bits per heavy atom. The van der Waals surface area contributed by atoms with Gasteiger partial charge in [-0.2, -0.15) is 0 Å². The SMILES string of the molecule is C=C/C=C(Cl)\C=C1/CNc2ccccc2C(N2CCN(P(=O)(O)O)CC2)=N1. The summed E-state index contributed by atoms with van der Waals surface area (Å²) in [6, 6.07) is 7.87. The Balaban J connectivity index is 1.93. The molecule has 0 aliphatic carbocycles. The summed E-state index contributed by atoms with van der Waals surface area (Å²) in [7, 11) is -4.21. The first kappa shape index (κ1) is 19.9. The summed E-state index contributed by atoms with van der Waals surface area (Å²) in [6.07, 6.45) is 5.10. The van der Waals surface area contributed by atoms with Crippen LogP contribution >= 0.6 is 19.3 Å². The highest BCUT2D eigenvalue weighted by atomic mass is 35.5. The summed E-state index contributed by atoms with van der Waals surface area (Å²) in [6.45, 7) is 5.65. The average molecular weight is 409 g/mol. The van der Waals surface area contributed by atoms with Gasteiger partial charge in [-0.1, -0.05) is 36.4 Å². The van der Waals surface area contributed by atoms with Crippen molar-refractivity contribution in [3.63, 3.8) is 0 Å². The van der Waals surface area contributed by atoms with Gasteiger partial charge in [-0.25, -0.2) is 14.2 Å². The highest BCUT2D eigenvalue weighted by Crippen LogP contribution is 2.40. The second-order valence-electron chi connectivity index (χ2n) is 6.21. The number of benzene rings is 1. The van der Waals surface area contributed by atoms with Crippen molar-refractivity contribution in [1.82, 2.24) is 9.57 Å². The fourth-order valence-corrected chi connectivity index (χ4v) is 3.98. The Morgan fingerprint density at radius 2 is 1.96 bits per heavy atom. The van der Waals surface area contributed by atoms with Crippen LogP contribution in [0.4, 0.5) is 5.69 Å². The maximum atomic E-state index is 11.5. The topological polar surface area (TPSA) is 88.4 Å². The molecular formula is C18H22ClN4O3P. The number of hydrogen-bond acceptors (Lipinski definition) is 4. The molecule has 2 aliphatic rings. The van der Waals surface area contributed by atoms with E-state index in [9.17, 15) is 14.4 Å². The maximum Gasteiger partial charge on any atom is 0.403 e. The quantitative estimate of drug-likeness (QED) is 0.526. The third-order valence-corrected chi connectivity index (χ3v) is 5.76. The molecule has 1 fully saturated rings. The molecular weight excluding hydrogens is 387 g/mol. The highest BCUT2D eigenvalue weighted by molar-refractivity contribution is 7.49. The van der Waals surface area contributed by atoms with Crippen molar-refractivity contribution in [3.8, 4) is 0 Å². The van der Waals surface area contributed by atoms with Gasteiger partial charge in [0.1, 0.15) is 5.84 Å². The summed E-state index contributed by atoms with van der Waals surface area (Å²) in [4.78, 5) is 25.6. The maximum absolute atomic E-state index is 11.5. The van der Waals surface area contributed by atoms with Crippen molar-refractivity contribution >= 4 is 30.9 Å². The van der Waals surface area contributed by atoms with Gasteiger partial charge in [0, 0.05) is 42.5 Å². The molecule has 0 aromatic heterocycles. The number of para-hydroxylation sites is 1. The zero-order chi connectivity index (χ0) is 19.4. The zero-order valence-electron chi connectivity index (χ0n) is 14.8. The number of aliphatic imine (C=N–C) groups is 1. The van der Waals surface area contributed by atoms with Gasteiger partial charge in [0.2, 0.25) is 0 Å². The summed E-state index contributed by atoms with van der Waals surface area (Å²) >= 11 is 6.19. The lowest BCUT2D eigenvalue weighted by molar-refractivity contribution is 0.210. The minimum Gasteiger partial charge on any atom is -0.379 e. The van der Waals surface area contributed by atoms with Gasteiger partial charge in [-0.05, 0) is 24.3 Å². The molecule has 0 radical (unpaired) electrons. The summed E-state index contributed by atoms with van der Waals surface area (Å²) in [5.41, 5.74) is 2.68. The predicted molar refractivity (Wildman–Crippen MR) is 109 cm³/mol. The number of anilines is 1. The fourth-order valence-electron chi connectivity index (χ4n) is 3.07. The Morgan fingerprint density at radius 1 is 1.26 bits per heavy atom. The molecule has 144 valence electrons. The van der Waals surface area contributed by atoms with Crippen LogP contribution in [-0.2, 0) is 4.57 Å². The van der Waals surface area contributed by atoms with Crippen LogP contribution in [0.3, 0.4) is 0 Å². The number of nitrogens with one attached hydrogen (secondary N) is 1. The molecule has 2 aliphatic heterocycles. The van der Waals surface area contributed by atoms with E-state index < -0.39 is 7.75 Å². The van der Waals surface area contributed by atoms with Gasteiger partial charge in [-0.3, -0.25) is 0 Å². The summed E-state index contributed by atoms with van der Waals surface area (Å²) < 4.78 is 12.7. The van der Waals surface area contributed by atoms with E-state index in [1.807, 2.05) is 24.3 Å². The summed E-state index contributed by atoms with van der Waals surface area (Å²) in [5.74, 6) is 0.773. The lowest BCUT2D eigenvalue weighted by atomic mass is 10.1. The molecule has 0 saturated carbocycles. The summed E-state index contributed by atoms with van der Waals surface area (Å²) in [5, 5.41) is 3.90. The van der Waals surface area contributed by atoms with Crippen LogP contribution in [0.2, 0.25) is 0 Å². The molecule has 0 amide bonds. The van der Waals surface area contributed by atoms with Crippen LogP contribution in [0, 0.1) is 0 Å². The number of amidine groups is 1. The van der Waals surface area contributed by atoms with Crippen molar-refractivity contribution in [3.05, 3.63) is 65.4 Å². The van der Waals surface area contributed by atoms with E-state index in [1.165, 1.54) is 4.67 Å². The molecule has 1 aromatic carbocycles. The molecule has 0 spiro atoms. The minimum absolute atomic E-state index is 0.273. The van der Waals surface area contributed by atoms with Gasteiger partial charge >= 0.3 is 7.75 Å². The second kappa shape index (κ2) is 8.42. The molecule has 3 N–H and O–H groups in total. The van der Waals surface area contributed by atoms with Crippen LogP contribution in [0.5, 0.6) is 0 Å². The Hall–Kier alpha value is -1.89. The number of fused-ring (bicyclic) bond motifs is 1. The van der Waals surface area contributed by atoms with E-state index in [-0.39, 0.29) is 13.1 Å². The van der Waals surface area contributed by atoms with Crippen LogP contribution in [0.1, 0.15) is 5.56 Å². The molecule has 7 nitrogen and oxygen atoms in total. The number of hydrogen-bond donors (Lipinski definition) is 3. The Kier molecular flexibility index (Phi) is 6.19. The van der Waals surface area contributed by atoms with Crippen molar-refractivity contribution in [2.75, 3.05) is 38.0 Å². The number of nitrogens with zero attached hydrogens (tertiary/aromatic N) is 3. The van der Waals surface area contributed by atoms with Gasteiger partial charge in [0.25, 0.3) is 0 Å². The average Bonchev–Trinajstić information content (AvgIpc) is 2.81. The smallest absolute Gasteiger partial charge is 0.379 e. The number of allylic oxidation sites excluding steroid dienone is 4. The minimum atomic E-state index is -4.21. The second-order valence-corrected chi connectivity index (χ2v) is 8.24. The molecule has 27 heavy (non-hydrogen) atoms. The Bertz CT molecular complexity index is 854. The molecule has 0 atom stereocenters. The predicted octanol–water partition coefficient (Wildman–Crippen LogP) is 2.76. The number of rotatable bonds is 3. The van der Waals surface area contributed by atoms with E-state index >= 15 is 0 Å². The first-order chi connectivity index (χ1) is 12.9. The van der Waals surface area contributed by atoms with Crippen LogP contribution in [-0.4, -0.2) is 57.9 Å². The molecule has 2 heterocycles. The third kappa shape index (κ3) is 4.89. The molecule has 1 aromatic rings. The standard InChI is InChI=1S/C18H22ClN4O3P/c1-2-5-14(19)12-15-13-20-17-7-4-3-6-16(17)18(21-15)22-8-10-23(11-9-22)27(24,25)26/h2-7,12,20H,1,8-11,13H2,(H2,24,25,26)/b14-5+,15-12+. The van der Waals surface area contributed by atoms with E-state index in [4.69, 9.17) is 16.6 Å². The lowest BCUT2D eigenvalue weighted by Crippen LogP contribution is -2.47. The molecule has 1 saturated heterocycles. The van der Waals surface area contributed by atoms with Crippen molar-refractivity contribution < 1.29 is 14.4 Å². The molecule has 9 heteroatoms. The largest absolute Gasteiger partial charge is 0.403 e. The van der Waals surface area contributed by atoms with Crippen LogP contribution in [0.15, 0.2) is 64.8 Å². The van der Waals surface area contributed by atoms with Crippen molar-refractivity contribution in [2.24, 2.45) is 4.99 Å². The number of piperazine rings is 1. The van der Waals surface area contributed by atoms with Gasteiger partial charge in [0.05, 0.1) is 12.2 Å². The fraction of sp³-hybridized carbons (Fsp3) is 0.278. The monoisotopic (exact) mass is 408 g/mol. The van der Waals surface area contributed by atoms with Gasteiger partial charge in [0.15, 0.2) is 0 Å². The van der Waals surface area contributed by atoms with E-state index in [1.54, 1.807) is 18.2 Å². The van der Waals surface area contributed by atoms with Crippen molar-refractivity contribution in [1.29, 1.82) is 0 Å². The van der Waals surface area contributed by atoms with Crippen LogP contribution < -0.4 is 5.32 Å². The van der Waals surface area contributed by atoms with Crippen LogP contribution in [0.25, 0.3) is 0 Å². The lowest BCUT2D eigenvalue weighted by Gasteiger charge is -2.36. The molecule has 0 unspecified atom stereocenters. The number of benzodiazepines with no additional fused rings is 1. The number of halogens is 1. The van der Waals surface area contributed by atoms with E-state index in [2.05, 4.69) is 16.8 Å². The molecule has 0 bridgehead atoms. The highest BCUT2D eigenvalue weighted by Gasteiger charge is 2.31. The molecule has 3 rings (SSSR count). The van der Waals surface area contributed by atoms with E-state index in [0.717, 1.165) is 22.8 Å². The first-order valence-electron chi connectivity index (χ1n) is 8.55. The normalized spacial score (nSPS) is 20.6. The third-order valence-electron chi connectivity index (χ3n) is 4.38. The zero-order valence-corrected chi connectivity index (χ0v) is 16.4. The van der Waals surface area contributed by atoms with Gasteiger partial charge < -0.3 is 20.0 Å². The first-order valence-corrected chi connectivity index (χ1v) is 10.5. The van der Waals surface area contributed by atoms with Gasteiger partial charge in [-0.15, -0.1) is 0 Å². The van der Waals surface area contributed by atoms with E-state index in [0.29, 0.717) is 24.7 Å². The Labute approximate surface area is 163 Å². The van der Waals surface area contributed by atoms with Crippen molar-refractivity contribution in [2.45, 2.75) is 0 Å².